The third-order valence-corrected chi connectivity index (χ3v) is 3.36. The third kappa shape index (κ3) is 3.02. The molecule has 1 fully saturated rings. The summed E-state index contributed by atoms with van der Waals surface area (Å²) in [6.45, 7) is 1.68. The second-order valence-electron chi connectivity index (χ2n) is 4.43. The highest BCUT2D eigenvalue weighted by Crippen LogP contribution is 2.23. The lowest BCUT2D eigenvalue weighted by atomic mass is 9.84. The number of hydrogen-bond donors (Lipinski definition) is 2. The van der Waals surface area contributed by atoms with Gasteiger partial charge in [0.05, 0.1) is 0 Å². The Balaban J connectivity index is 1.71. The predicted molar refractivity (Wildman–Crippen MR) is 60.8 cm³/mol. The first-order chi connectivity index (χ1) is 7.90. The highest BCUT2D eigenvalue weighted by Gasteiger charge is 2.23. The molecule has 5 heteroatoms. The zero-order chi connectivity index (χ0) is 11.2. The summed E-state index contributed by atoms with van der Waals surface area (Å²) in [5.74, 6) is 1.34. The van der Waals surface area contributed by atoms with Crippen LogP contribution in [0.25, 0.3) is 0 Å². The average Bonchev–Trinajstić information content (AvgIpc) is 2.83. The molecule has 1 aromatic heterocycles. The van der Waals surface area contributed by atoms with Crippen LogP contribution < -0.4 is 11.1 Å². The molecule has 0 saturated heterocycles. The smallest absolute Gasteiger partial charge is 0.227 e. The molecule has 1 aromatic rings. The molecule has 1 heterocycles. The van der Waals surface area contributed by atoms with E-state index in [1.807, 2.05) is 0 Å². The quantitative estimate of drug-likeness (QED) is 0.770. The fourth-order valence-corrected chi connectivity index (χ4v) is 2.43. The molecule has 0 radical (unpaired) electrons. The highest BCUT2D eigenvalue weighted by atomic mass is 16.5. The Hall–Kier alpha value is -0.940. The van der Waals surface area contributed by atoms with E-state index in [0.29, 0.717) is 17.9 Å². The Labute approximate surface area is 95.8 Å². The summed E-state index contributed by atoms with van der Waals surface area (Å²) in [6, 6.07) is 0.571. The molecular weight excluding hydrogens is 204 g/mol. The summed E-state index contributed by atoms with van der Waals surface area (Å²) in [5.41, 5.74) is 5.78. The van der Waals surface area contributed by atoms with Crippen LogP contribution in [0.1, 0.15) is 31.6 Å². The van der Waals surface area contributed by atoms with E-state index in [-0.39, 0.29) is 0 Å². The van der Waals surface area contributed by atoms with E-state index in [1.165, 1.54) is 32.0 Å². The minimum atomic E-state index is 0.571. The van der Waals surface area contributed by atoms with Crippen LogP contribution in [0.4, 0.5) is 0 Å². The van der Waals surface area contributed by atoms with E-state index < -0.39 is 0 Å². The summed E-state index contributed by atoms with van der Waals surface area (Å²) in [7, 11) is 0. The number of nitrogens with one attached hydrogen (secondary N) is 1. The van der Waals surface area contributed by atoms with Crippen LogP contribution in [0.5, 0.6) is 0 Å². The first-order valence-electron chi connectivity index (χ1n) is 6.09. The summed E-state index contributed by atoms with van der Waals surface area (Å²) < 4.78 is 4.95. The molecule has 2 unspecified atom stereocenters. The zero-order valence-corrected chi connectivity index (χ0v) is 9.56. The van der Waals surface area contributed by atoms with E-state index in [2.05, 4.69) is 15.5 Å². The Kier molecular flexibility index (Phi) is 4.30. The SMILES string of the molecule is NCC1CCCCC1NCCc1ncno1. The van der Waals surface area contributed by atoms with Gasteiger partial charge in [0.2, 0.25) is 5.89 Å². The van der Waals surface area contributed by atoms with Gasteiger partial charge in [-0.15, -0.1) is 0 Å². The van der Waals surface area contributed by atoms with Gasteiger partial charge in [0.25, 0.3) is 0 Å². The first-order valence-corrected chi connectivity index (χ1v) is 6.09. The van der Waals surface area contributed by atoms with Crippen molar-refractivity contribution >= 4 is 0 Å². The van der Waals surface area contributed by atoms with Gasteiger partial charge in [-0.25, -0.2) is 0 Å². The van der Waals surface area contributed by atoms with E-state index in [9.17, 15) is 0 Å². The van der Waals surface area contributed by atoms with Gasteiger partial charge >= 0.3 is 0 Å². The minimum absolute atomic E-state index is 0.571. The molecule has 0 bridgehead atoms. The van der Waals surface area contributed by atoms with Crippen molar-refractivity contribution in [2.24, 2.45) is 11.7 Å². The van der Waals surface area contributed by atoms with Gasteiger partial charge in [-0.05, 0) is 25.3 Å². The lowest BCUT2D eigenvalue weighted by molar-refractivity contribution is 0.266. The third-order valence-electron chi connectivity index (χ3n) is 3.36. The molecule has 2 atom stereocenters. The Morgan fingerprint density at radius 2 is 2.31 bits per heavy atom. The van der Waals surface area contributed by atoms with Gasteiger partial charge in [0.1, 0.15) is 0 Å². The molecule has 5 nitrogen and oxygen atoms in total. The Morgan fingerprint density at radius 3 is 3.06 bits per heavy atom. The first kappa shape index (κ1) is 11.5. The van der Waals surface area contributed by atoms with E-state index >= 15 is 0 Å². The highest BCUT2D eigenvalue weighted by molar-refractivity contribution is 4.83. The van der Waals surface area contributed by atoms with Gasteiger partial charge < -0.3 is 15.6 Å². The molecule has 2 rings (SSSR count). The number of nitrogens with two attached hydrogens (primary N) is 1. The molecule has 0 spiro atoms. The second-order valence-corrected chi connectivity index (χ2v) is 4.43. The summed E-state index contributed by atoms with van der Waals surface area (Å²) in [4.78, 5) is 4.00. The molecule has 1 saturated carbocycles. The maximum atomic E-state index is 5.78. The zero-order valence-electron chi connectivity index (χ0n) is 9.56. The molecule has 90 valence electrons. The fraction of sp³-hybridized carbons (Fsp3) is 0.818. The van der Waals surface area contributed by atoms with Crippen molar-refractivity contribution < 1.29 is 4.52 Å². The number of rotatable bonds is 5. The van der Waals surface area contributed by atoms with Crippen molar-refractivity contribution in [2.75, 3.05) is 13.1 Å². The van der Waals surface area contributed by atoms with Crippen molar-refractivity contribution in [3.8, 4) is 0 Å². The van der Waals surface area contributed by atoms with Crippen LogP contribution in [0.3, 0.4) is 0 Å². The standard InChI is InChI=1S/C11H20N4O/c12-7-9-3-1-2-4-10(9)13-6-5-11-14-8-15-16-11/h8-10,13H,1-7,12H2. The summed E-state index contributed by atoms with van der Waals surface area (Å²) >= 11 is 0. The molecule has 0 aromatic carbocycles. The van der Waals surface area contributed by atoms with Crippen LogP contribution >= 0.6 is 0 Å². The summed E-state index contributed by atoms with van der Waals surface area (Å²) in [5, 5.41) is 7.14. The Bertz CT molecular complexity index is 288. The maximum absolute atomic E-state index is 5.78. The second kappa shape index (κ2) is 5.96. The Morgan fingerprint density at radius 1 is 1.44 bits per heavy atom. The lowest BCUT2D eigenvalue weighted by Gasteiger charge is -2.31. The molecular formula is C11H20N4O. The van der Waals surface area contributed by atoms with E-state index in [0.717, 1.165) is 19.5 Å². The van der Waals surface area contributed by atoms with Crippen molar-refractivity contribution in [3.05, 3.63) is 12.2 Å². The molecule has 16 heavy (non-hydrogen) atoms. The van der Waals surface area contributed by atoms with Crippen LogP contribution in [-0.4, -0.2) is 29.3 Å². The lowest BCUT2D eigenvalue weighted by Crippen LogP contribution is -2.42. The summed E-state index contributed by atoms with van der Waals surface area (Å²) in [6.07, 6.45) is 7.38. The van der Waals surface area contributed by atoms with Gasteiger partial charge in [0, 0.05) is 19.0 Å². The van der Waals surface area contributed by atoms with Gasteiger partial charge in [0.15, 0.2) is 6.33 Å². The predicted octanol–water partition coefficient (Wildman–Crippen LogP) is 0.719. The van der Waals surface area contributed by atoms with Crippen LogP contribution in [0, 0.1) is 5.92 Å². The largest absolute Gasteiger partial charge is 0.340 e. The van der Waals surface area contributed by atoms with E-state index in [4.69, 9.17) is 10.3 Å². The van der Waals surface area contributed by atoms with Crippen LogP contribution in [-0.2, 0) is 6.42 Å². The van der Waals surface area contributed by atoms with Crippen LogP contribution in [0.15, 0.2) is 10.9 Å². The molecule has 1 aliphatic rings. The molecule has 1 aliphatic carbocycles. The molecule has 3 N–H and O–H groups in total. The normalized spacial score (nSPS) is 25.8. The van der Waals surface area contributed by atoms with Crippen molar-refractivity contribution in [1.82, 2.24) is 15.5 Å². The topological polar surface area (TPSA) is 77.0 Å². The average molecular weight is 224 g/mol. The van der Waals surface area contributed by atoms with Crippen LogP contribution in [0.2, 0.25) is 0 Å². The van der Waals surface area contributed by atoms with Crippen molar-refractivity contribution in [1.29, 1.82) is 0 Å². The van der Waals surface area contributed by atoms with Gasteiger partial charge in [-0.1, -0.05) is 18.0 Å². The van der Waals surface area contributed by atoms with Gasteiger partial charge in [-0.3, -0.25) is 0 Å². The maximum Gasteiger partial charge on any atom is 0.227 e. The number of nitrogens with zero attached hydrogens (tertiary/aromatic N) is 2. The molecule has 0 aliphatic heterocycles. The number of aromatic nitrogens is 2. The monoisotopic (exact) mass is 224 g/mol. The molecule has 0 amide bonds. The number of hydrogen-bond acceptors (Lipinski definition) is 5. The minimum Gasteiger partial charge on any atom is -0.340 e. The fourth-order valence-electron chi connectivity index (χ4n) is 2.43. The van der Waals surface area contributed by atoms with Crippen molar-refractivity contribution in [2.45, 2.75) is 38.1 Å². The van der Waals surface area contributed by atoms with E-state index in [1.54, 1.807) is 0 Å². The van der Waals surface area contributed by atoms with Crippen molar-refractivity contribution in [3.63, 3.8) is 0 Å². The van der Waals surface area contributed by atoms with Gasteiger partial charge in [-0.2, -0.15) is 4.98 Å².